The van der Waals surface area contributed by atoms with Crippen molar-refractivity contribution in [1.29, 1.82) is 0 Å². The highest BCUT2D eigenvalue weighted by Crippen LogP contribution is 2.25. The van der Waals surface area contributed by atoms with Crippen molar-refractivity contribution in [2.75, 3.05) is 5.32 Å². The van der Waals surface area contributed by atoms with Gasteiger partial charge in [0.25, 0.3) is 5.91 Å². The van der Waals surface area contributed by atoms with Crippen molar-refractivity contribution in [3.05, 3.63) is 41.3 Å². The molecule has 0 spiro atoms. The molecule has 0 aliphatic rings. The number of nitrogens with zero attached hydrogens (tertiary/aromatic N) is 2. The highest BCUT2D eigenvalue weighted by atomic mass is 35.5. The van der Waals surface area contributed by atoms with Crippen molar-refractivity contribution < 1.29 is 15.0 Å². The second kappa shape index (κ2) is 4.89. The van der Waals surface area contributed by atoms with E-state index in [2.05, 4.69) is 15.3 Å². The summed E-state index contributed by atoms with van der Waals surface area (Å²) >= 11 is 5.64. The summed E-state index contributed by atoms with van der Waals surface area (Å²) < 4.78 is 0. The highest BCUT2D eigenvalue weighted by Gasteiger charge is 2.09. The lowest BCUT2D eigenvalue weighted by Gasteiger charge is -2.05. The third-order valence-corrected chi connectivity index (χ3v) is 2.32. The third-order valence-electron chi connectivity index (χ3n) is 2.11. The number of benzene rings is 1. The molecule has 1 aromatic heterocycles. The molecule has 0 aliphatic heterocycles. The highest BCUT2D eigenvalue weighted by molar-refractivity contribution is 6.29. The molecule has 3 N–H and O–H groups in total. The van der Waals surface area contributed by atoms with Gasteiger partial charge in [-0.05, 0) is 18.2 Å². The molecule has 0 unspecified atom stereocenters. The van der Waals surface area contributed by atoms with Crippen molar-refractivity contribution in [2.24, 2.45) is 0 Å². The molecule has 0 bridgehead atoms. The Balaban J connectivity index is 2.19. The summed E-state index contributed by atoms with van der Waals surface area (Å²) in [5.74, 6) is -0.910. The van der Waals surface area contributed by atoms with E-state index in [9.17, 15) is 9.90 Å². The smallest absolute Gasteiger partial charge is 0.256 e. The Hall–Kier alpha value is -2.34. The molecule has 0 aliphatic carbocycles. The van der Waals surface area contributed by atoms with E-state index in [1.807, 2.05) is 0 Å². The fourth-order valence-corrected chi connectivity index (χ4v) is 1.40. The molecular formula is C11H8ClN3O3. The summed E-state index contributed by atoms with van der Waals surface area (Å²) in [6.45, 7) is 0. The first-order valence-corrected chi connectivity index (χ1v) is 5.25. The van der Waals surface area contributed by atoms with E-state index < -0.39 is 5.91 Å². The number of aromatic hydroxyl groups is 2. The molecule has 0 radical (unpaired) electrons. The third kappa shape index (κ3) is 2.67. The largest absolute Gasteiger partial charge is 0.504 e. The normalized spacial score (nSPS) is 10.1. The van der Waals surface area contributed by atoms with Gasteiger partial charge >= 0.3 is 0 Å². The summed E-state index contributed by atoms with van der Waals surface area (Å²) in [6, 6.07) is 5.12. The summed E-state index contributed by atoms with van der Waals surface area (Å²) in [4.78, 5) is 19.3. The van der Waals surface area contributed by atoms with Crippen LogP contribution in [-0.4, -0.2) is 26.1 Å². The molecule has 1 heterocycles. The van der Waals surface area contributed by atoms with E-state index in [0.717, 1.165) is 6.07 Å². The van der Waals surface area contributed by atoms with Crippen LogP contribution in [0.25, 0.3) is 0 Å². The average molecular weight is 266 g/mol. The number of phenols is 2. The molecule has 92 valence electrons. The monoisotopic (exact) mass is 265 g/mol. The molecule has 1 amide bonds. The van der Waals surface area contributed by atoms with Gasteiger partial charge in [-0.1, -0.05) is 11.6 Å². The minimum Gasteiger partial charge on any atom is -0.504 e. The van der Waals surface area contributed by atoms with Gasteiger partial charge in [0.2, 0.25) is 0 Å². The molecule has 0 saturated carbocycles. The predicted octanol–water partition coefficient (Wildman–Crippen LogP) is 1.79. The van der Waals surface area contributed by atoms with Crippen LogP contribution < -0.4 is 5.32 Å². The molecular weight excluding hydrogens is 258 g/mol. The number of amides is 1. The predicted molar refractivity (Wildman–Crippen MR) is 64.8 cm³/mol. The Morgan fingerprint density at radius 3 is 2.61 bits per heavy atom. The zero-order valence-electron chi connectivity index (χ0n) is 8.96. The topological polar surface area (TPSA) is 95.3 Å². The van der Waals surface area contributed by atoms with E-state index in [1.54, 1.807) is 0 Å². The number of hydrogen-bond donors (Lipinski definition) is 3. The number of carbonyl (C=O) groups is 1. The first-order chi connectivity index (χ1) is 8.56. The molecule has 2 aromatic rings. The lowest BCUT2D eigenvalue weighted by Crippen LogP contribution is -2.12. The quantitative estimate of drug-likeness (QED) is 0.568. The number of aromatic nitrogens is 2. The van der Waals surface area contributed by atoms with Crippen LogP contribution >= 0.6 is 11.6 Å². The number of carbonyl (C=O) groups excluding carboxylic acids is 1. The lowest BCUT2D eigenvalue weighted by atomic mass is 10.2. The Labute approximate surface area is 107 Å². The van der Waals surface area contributed by atoms with Crippen LogP contribution in [0.5, 0.6) is 11.5 Å². The molecule has 0 atom stereocenters. The minimum atomic E-state index is -0.486. The second-order valence-electron chi connectivity index (χ2n) is 3.38. The standard InChI is InChI=1S/C11H8ClN3O3/c12-9-4-10(14-5-13-9)15-11(18)6-1-2-7(16)8(17)3-6/h1-5,16-17H,(H,13,14,15,18). The van der Waals surface area contributed by atoms with Gasteiger partial charge in [-0.2, -0.15) is 0 Å². The van der Waals surface area contributed by atoms with Gasteiger partial charge < -0.3 is 15.5 Å². The molecule has 6 nitrogen and oxygen atoms in total. The maximum absolute atomic E-state index is 11.8. The van der Waals surface area contributed by atoms with E-state index in [0.29, 0.717) is 0 Å². The average Bonchev–Trinajstić information content (AvgIpc) is 2.32. The van der Waals surface area contributed by atoms with Crippen molar-refractivity contribution >= 4 is 23.3 Å². The Bertz CT molecular complexity index is 604. The molecule has 1 aromatic carbocycles. The van der Waals surface area contributed by atoms with Crippen molar-refractivity contribution in [1.82, 2.24) is 9.97 Å². The summed E-state index contributed by atoms with van der Waals surface area (Å²) in [7, 11) is 0. The van der Waals surface area contributed by atoms with Crippen molar-refractivity contribution in [2.45, 2.75) is 0 Å². The minimum absolute atomic E-state index is 0.181. The van der Waals surface area contributed by atoms with Gasteiger partial charge in [0.1, 0.15) is 17.3 Å². The van der Waals surface area contributed by atoms with Crippen LogP contribution in [-0.2, 0) is 0 Å². The zero-order valence-corrected chi connectivity index (χ0v) is 9.72. The van der Waals surface area contributed by atoms with Crippen LogP contribution in [0.1, 0.15) is 10.4 Å². The number of hydrogen-bond acceptors (Lipinski definition) is 5. The van der Waals surface area contributed by atoms with E-state index in [-0.39, 0.29) is 28.0 Å². The number of nitrogens with one attached hydrogen (secondary N) is 1. The molecule has 0 saturated heterocycles. The zero-order chi connectivity index (χ0) is 13.1. The fraction of sp³-hybridized carbons (Fsp3) is 0. The molecule has 2 rings (SSSR count). The summed E-state index contributed by atoms with van der Waals surface area (Å²) in [6.07, 6.45) is 1.21. The van der Waals surface area contributed by atoms with Crippen LogP contribution in [0, 0.1) is 0 Å². The van der Waals surface area contributed by atoms with Crippen molar-refractivity contribution in [3.8, 4) is 11.5 Å². The first-order valence-electron chi connectivity index (χ1n) is 4.87. The Kier molecular flexibility index (Phi) is 3.29. The van der Waals surface area contributed by atoms with E-state index >= 15 is 0 Å². The Morgan fingerprint density at radius 2 is 1.94 bits per heavy atom. The summed E-state index contributed by atoms with van der Waals surface area (Å²) in [5, 5.41) is 21.1. The molecule has 0 fully saturated rings. The number of halogens is 1. The second-order valence-corrected chi connectivity index (χ2v) is 3.77. The van der Waals surface area contributed by atoms with Crippen molar-refractivity contribution in [3.63, 3.8) is 0 Å². The molecule has 7 heteroatoms. The number of phenolic OH excluding ortho intramolecular Hbond substituents is 2. The van der Waals surface area contributed by atoms with Gasteiger partial charge in [0.05, 0.1) is 0 Å². The van der Waals surface area contributed by atoms with Gasteiger partial charge in [-0.25, -0.2) is 9.97 Å². The number of rotatable bonds is 2. The maximum atomic E-state index is 11.8. The van der Waals surface area contributed by atoms with Gasteiger partial charge in [0.15, 0.2) is 11.5 Å². The fourth-order valence-electron chi connectivity index (χ4n) is 1.26. The van der Waals surface area contributed by atoms with Gasteiger partial charge in [-0.3, -0.25) is 4.79 Å². The van der Waals surface area contributed by atoms with Gasteiger partial charge in [0, 0.05) is 11.6 Å². The summed E-state index contributed by atoms with van der Waals surface area (Å²) in [5.41, 5.74) is 0.181. The number of anilines is 1. The Morgan fingerprint density at radius 1 is 1.17 bits per heavy atom. The van der Waals surface area contributed by atoms with Crippen LogP contribution in [0.4, 0.5) is 5.82 Å². The SMILES string of the molecule is O=C(Nc1cc(Cl)ncn1)c1ccc(O)c(O)c1. The van der Waals surface area contributed by atoms with Crippen LogP contribution in [0.2, 0.25) is 5.15 Å². The van der Waals surface area contributed by atoms with Gasteiger partial charge in [-0.15, -0.1) is 0 Å². The van der Waals surface area contributed by atoms with Crippen LogP contribution in [0.3, 0.4) is 0 Å². The first kappa shape index (κ1) is 12.1. The van der Waals surface area contributed by atoms with Crippen LogP contribution in [0.15, 0.2) is 30.6 Å². The molecule has 18 heavy (non-hydrogen) atoms. The van der Waals surface area contributed by atoms with E-state index in [1.165, 1.54) is 24.5 Å². The van der Waals surface area contributed by atoms with E-state index in [4.69, 9.17) is 16.7 Å². The maximum Gasteiger partial charge on any atom is 0.256 e. The lowest BCUT2D eigenvalue weighted by molar-refractivity contribution is 0.102.